The average Bonchev–Trinajstić information content (AvgIpc) is 3.15. The molecule has 1 fully saturated rings. The molecule has 3 N–H and O–H groups in total. The number of benzene rings is 1. The van der Waals surface area contributed by atoms with Gasteiger partial charge in [0.25, 0.3) is 0 Å². The van der Waals surface area contributed by atoms with Gasteiger partial charge in [-0.2, -0.15) is 18.3 Å². The van der Waals surface area contributed by atoms with Crippen LogP contribution in [-0.2, 0) is 4.79 Å². The number of hydrogen-bond donors (Lipinski definition) is 3. The highest BCUT2D eigenvalue weighted by Gasteiger charge is 2.42. The summed E-state index contributed by atoms with van der Waals surface area (Å²) in [5, 5.41) is 12.7. The second-order valence-corrected chi connectivity index (χ2v) is 9.32. The number of alkyl halides is 4. The first-order valence-electron chi connectivity index (χ1n) is 10.8. The number of aromatic nitrogens is 4. The summed E-state index contributed by atoms with van der Waals surface area (Å²) in [6.07, 6.45) is -5.71. The molecular weight excluding hydrogens is 486 g/mol. The lowest BCUT2D eigenvalue weighted by atomic mass is 9.93. The number of hydrogen-bond acceptors (Lipinski definition) is 7. The van der Waals surface area contributed by atoms with Crippen LogP contribution < -0.4 is 15.5 Å². The van der Waals surface area contributed by atoms with E-state index < -0.39 is 24.2 Å². The summed E-state index contributed by atoms with van der Waals surface area (Å²) in [6.45, 7) is 4.14. The molecule has 0 radical (unpaired) electrons. The van der Waals surface area contributed by atoms with Crippen LogP contribution in [0.15, 0.2) is 46.5 Å². The summed E-state index contributed by atoms with van der Waals surface area (Å²) < 4.78 is 51.5. The van der Waals surface area contributed by atoms with E-state index in [0.29, 0.717) is 33.9 Å². The van der Waals surface area contributed by atoms with Crippen molar-refractivity contribution in [3.63, 3.8) is 0 Å². The lowest BCUT2D eigenvalue weighted by Crippen LogP contribution is -2.59. The fraction of sp³-hybridized carbons (Fsp3) is 0.364. The number of aromatic amines is 1. The van der Waals surface area contributed by atoms with Crippen LogP contribution in [0.3, 0.4) is 0 Å². The molecule has 0 unspecified atom stereocenters. The molecule has 0 saturated carbocycles. The van der Waals surface area contributed by atoms with Crippen LogP contribution in [-0.4, -0.2) is 51.0 Å². The average molecular weight is 514 g/mol. The minimum Gasteiger partial charge on any atom is -0.350 e. The van der Waals surface area contributed by atoms with E-state index in [-0.39, 0.29) is 21.6 Å². The molecule has 1 amide bonds. The lowest BCUT2D eigenvalue weighted by molar-refractivity contribution is -0.150. The minimum absolute atomic E-state index is 0. The van der Waals surface area contributed by atoms with E-state index in [9.17, 15) is 22.4 Å². The molecule has 1 aliphatic heterocycles. The zero-order valence-corrected chi connectivity index (χ0v) is 19.7. The lowest BCUT2D eigenvalue weighted by Gasteiger charge is -2.44. The third kappa shape index (κ3) is 6.62. The number of nitrogens with one attached hydrogen (secondary N) is 3. The van der Waals surface area contributed by atoms with Gasteiger partial charge in [-0.15, -0.1) is 0 Å². The van der Waals surface area contributed by atoms with Crippen LogP contribution >= 0.6 is 11.8 Å². The Morgan fingerprint density at radius 1 is 1.20 bits per heavy atom. The molecule has 3 heterocycles. The Morgan fingerprint density at radius 3 is 2.51 bits per heavy atom. The van der Waals surface area contributed by atoms with Crippen LogP contribution in [0.2, 0.25) is 0 Å². The fourth-order valence-corrected chi connectivity index (χ4v) is 4.19. The van der Waals surface area contributed by atoms with Crippen molar-refractivity contribution in [3.8, 4) is 0 Å². The van der Waals surface area contributed by atoms with Crippen molar-refractivity contribution in [1.82, 2.24) is 20.2 Å². The van der Waals surface area contributed by atoms with Gasteiger partial charge in [-0.05, 0) is 49.4 Å². The smallest absolute Gasteiger partial charge is 0.350 e. The molecule has 3 aromatic rings. The SMILES string of the molecule is CCC1(F)CN(c2cc(Nc3cc(C)[nH]n3)nc(Sc3ccc(NC(=O)CC(F)(F)F)cc3)n2)C1.[HH].[HH]. The van der Waals surface area contributed by atoms with Gasteiger partial charge >= 0.3 is 6.18 Å². The highest BCUT2D eigenvalue weighted by atomic mass is 32.2. The van der Waals surface area contributed by atoms with E-state index in [1.807, 2.05) is 17.9 Å². The Hall–Kier alpha value is -3.35. The number of carbonyl (C=O) groups excluding carboxylic acids is 1. The number of carbonyl (C=O) groups is 1. The Bertz CT molecular complexity index is 1200. The summed E-state index contributed by atoms with van der Waals surface area (Å²) in [5.74, 6) is 0.478. The topological polar surface area (TPSA) is 98.8 Å². The number of nitrogens with zero attached hydrogens (tertiary/aromatic N) is 4. The van der Waals surface area contributed by atoms with Gasteiger partial charge in [0, 0.05) is 31.3 Å². The van der Waals surface area contributed by atoms with E-state index in [0.717, 1.165) is 5.69 Å². The van der Waals surface area contributed by atoms with Crippen molar-refractivity contribution in [2.75, 3.05) is 28.6 Å². The number of anilines is 4. The monoisotopic (exact) mass is 513 g/mol. The predicted octanol–water partition coefficient (Wildman–Crippen LogP) is 5.72. The number of aryl methyl sites for hydroxylation is 1. The van der Waals surface area contributed by atoms with Gasteiger partial charge in [0.1, 0.15) is 23.7 Å². The quantitative estimate of drug-likeness (QED) is 0.262. The first-order chi connectivity index (χ1) is 16.5. The third-order valence-corrected chi connectivity index (χ3v) is 6.14. The van der Waals surface area contributed by atoms with Gasteiger partial charge in [0.2, 0.25) is 5.91 Å². The van der Waals surface area contributed by atoms with Crippen LogP contribution in [0.1, 0.15) is 28.3 Å². The Kier molecular flexibility index (Phi) is 6.88. The molecule has 2 aromatic heterocycles. The summed E-state index contributed by atoms with van der Waals surface area (Å²) in [5.41, 5.74) is -0.127. The molecule has 1 aliphatic rings. The second-order valence-electron chi connectivity index (χ2n) is 8.28. The van der Waals surface area contributed by atoms with Crippen LogP contribution in [0.5, 0.6) is 0 Å². The van der Waals surface area contributed by atoms with E-state index in [4.69, 9.17) is 0 Å². The highest BCUT2D eigenvalue weighted by molar-refractivity contribution is 7.99. The number of rotatable bonds is 8. The summed E-state index contributed by atoms with van der Waals surface area (Å²) in [7, 11) is 0. The number of amides is 1. The van der Waals surface area contributed by atoms with Crippen molar-refractivity contribution in [2.24, 2.45) is 0 Å². The Balaban J connectivity index is 0.00000241. The van der Waals surface area contributed by atoms with Crippen molar-refractivity contribution < 1.29 is 25.2 Å². The predicted molar refractivity (Wildman–Crippen MR) is 129 cm³/mol. The Labute approximate surface area is 205 Å². The molecule has 1 aromatic carbocycles. The first kappa shape index (κ1) is 24.8. The summed E-state index contributed by atoms with van der Waals surface area (Å²) >= 11 is 1.22. The maximum atomic E-state index is 14.5. The highest BCUT2D eigenvalue weighted by Crippen LogP contribution is 2.35. The van der Waals surface area contributed by atoms with Crippen LogP contribution in [0.25, 0.3) is 0 Å². The Morgan fingerprint density at radius 2 is 1.91 bits per heavy atom. The van der Waals surface area contributed by atoms with Gasteiger partial charge in [0.15, 0.2) is 11.0 Å². The van der Waals surface area contributed by atoms with Crippen molar-refractivity contribution in [3.05, 3.63) is 42.1 Å². The third-order valence-electron chi connectivity index (χ3n) is 5.27. The van der Waals surface area contributed by atoms with Crippen molar-refractivity contribution >= 4 is 40.8 Å². The molecule has 4 rings (SSSR count). The molecule has 0 atom stereocenters. The molecule has 0 bridgehead atoms. The maximum Gasteiger partial charge on any atom is 0.397 e. The van der Waals surface area contributed by atoms with Gasteiger partial charge in [-0.3, -0.25) is 9.89 Å². The van der Waals surface area contributed by atoms with Crippen LogP contribution in [0, 0.1) is 6.92 Å². The van der Waals surface area contributed by atoms with Gasteiger partial charge in [-0.25, -0.2) is 14.4 Å². The first-order valence-corrected chi connectivity index (χ1v) is 11.6. The molecule has 190 valence electrons. The molecule has 35 heavy (non-hydrogen) atoms. The van der Waals surface area contributed by atoms with E-state index in [1.54, 1.807) is 25.1 Å². The zero-order valence-electron chi connectivity index (χ0n) is 18.9. The molecule has 0 aliphatic carbocycles. The maximum absolute atomic E-state index is 14.5. The van der Waals surface area contributed by atoms with Crippen molar-refractivity contribution in [1.29, 1.82) is 0 Å². The van der Waals surface area contributed by atoms with Gasteiger partial charge in [-0.1, -0.05) is 6.92 Å². The van der Waals surface area contributed by atoms with E-state index >= 15 is 0 Å². The van der Waals surface area contributed by atoms with Crippen LogP contribution in [0.4, 0.5) is 40.7 Å². The zero-order chi connectivity index (χ0) is 25.2. The largest absolute Gasteiger partial charge is 0.397 e. The minimum atomic E-state index is -4.57. The van der Waals surface area contributed by atoms with Gasteiger partial charge < -0.3 is 15.5 Å². The fourth-order valence-electron chi connectivity index (χ4n) is 3.42. The summed E-state index contributed by atoms with van der Waals surface area (Å²) in [6, 6.07) is 9.82. The number of halogens is 4. The van der Waals surface area contributed by atoms with Gasteiger partial charge in [0.05, 0.1) is 13.1 Å². The number of H-pyrrole nitrogens is 1. The molecule has 0 spiro atoms. The molecule has 13 heteroatoms. The molecule has 1 saturated heterocycles. The van der Waals surface area contributed by atoms with E-state index in [1.165, 1.54) is 23.9 Å². The van der Waals surface area contributed by atoms with E-state index in [2.05, 4.69) is 30.8 Å². The molecular formula is C22H27F4N7OS. The standard InChI is InChI=1S/C22H23F4N7OS.2H2/c1-3-21(23)11-33(12-21)18-9-16(28-17-8-13(2)31-32-17)29-20(30-18)35-15-6-4-14(5-7-15)27-19(34)10-22(24,25)26;;/h4-9H,3,10-12H2,1-2H3,(H,27,34)(H2,28,29,30,31,32);2*1H. The summed E-state index contributed by atoms with van der Waals surface area (Å²) in [4.78, 5) is 23.1. The second kappa shape index (κ2) is 9.72. The molecule has 8 nitrogen and oxygen atoms in total. The normalized spacial score (nSPS) is 15.0. The van der Waals surface area contributed by atoms with Crippen molar-refractivity contribution in [2.45, 2.75) is 48.6 Å².